The van der Waals surface area contributed by atoms with Crippen LogP contribution in [0.2, 0.25) is 0 Å². The van der Waals surface area contributed by atoms with Gasteiger partial charge in [-0.15, -0.1) is 0 Å². The molecule has 1 atom stereocenters. The van der Waals surface area contributed by atoms with Crippen molar-refractivity contribution in [3.63, 3.8) is 0 Å². The highest BCUT2D eigenvalue weighted by molar-refractivity contribution is 5.85. The van der Waals surface area contributed by atoms with Crippen LogP contribution in [0.25, 0.3) is 0 Å². The second-order valence-electron chi connectivity index (χ2n) is 7.81. The van der Waals surface area contributed by atoms with Crippen molar-refractivity contribution >= 4 is 11.9 Å². The van der Waals surface area contributed by atoms with Crippen LogP contribution < -0.4 is 10.6 Å². The smallest absolute Gasteiger partial charge is 0.230 e. The van der Waals surface area contributed by atoms with Crippen molar-refractivity contribution in [2.24, 2.45) is 10.4 Å². The minimum atomic E-state index is -0.288. The summed E-state index contributed by atoms with van der Waals surface area (Å²) in [7, 11) is 5.47. The van der Waals surface area contributed by atoms with E-state index in [1.54, 1.807) is 11.9 Å². The summed E-state index contributed by atoms with van der Waals surface area (Å²) in [5.41, 5.74) is 2.31. The van der Waals surface area contributed by atoms with E-state index >= 15 is 0 Å². The van der Waals surface area contributed by atoms with Crippen molar-refractivity contribution in [3.8, 4) is 0 Å². The number of hydrogen-bond donors (Lipinski definition) is 2. The van der Waals surface area contributed by atoms with Gasteiger partial charge in [0.1, 0.15) is 0 Å². The summed E-state index contributed by atoms with van der Waals surface area (Å²) in [5, 5.41) is 6.81. The van der Waals surface area contributed by atoms with Gasteiger partial charge in [0.25, 0.3) is 0 Å². The Labute approximate surface area is 158 Å². The zero-order valence-electron chi connectivity index (χ0n) is 16.9. The zero-order valence-corrected chi connectivity index (χ0v) is 16.9. The average molecular weight is 359 g/mol. The molecule has 144 valence electrons. The third kappa shape index (κ3) is 4.99. The first kappa shape index (κ1) is 20.3. The molecule has 5 heteroatoms. The predicted molar refractivity (Wildman–Crippen MR) is 109 cm³/mol. The molecular weight excluding hydrogens is 324 g/mol. The van der Waals surface area contributed by atoms with Crippen molar-refractivity contribution in [1.82, 2.24) is 15.5 Å². The van der Waals surface area contributed by atoms with Gasteiger partial charge in [-0.2, -0.15) is 0 Å². The molecule has 1 fully saturated rings. The first-order valence-electron chi connectivity index (χ1n) is 9.61. The number of aliphatic imine (C=N–C) groups is 1. The van der Waals surface area contributed by atoms with Crippen molar-refractivity contribution in [3.05, 3.63) is 35.4 Å². The average Bonchev–Trinajstić information content (AvgIpc) is 3.11. The molecule has 5 nitrogen and oxygen atoms in total. The Balaban J connectivity index is 1.92. The van der Waals surface area contributed by atoms with Crippen LogP contribution in [-0.4, -0.2) is 51.0 Å². The molecule has 0 aliphatic heterocycles. The Morgan fingerprint density at radius 2 is 1.96 bits per heavy atom. The maximum absolute atomic E-state index is 12.7. The molecule has 1 aromatic carbocycles. The number of aryl methyl sites for hydroxylation is 1. The highest BCUT2D eigenvalue weighted by Crippen LogP contribution is 2.38. The number of carbonyl (C=O) groups is 1. The van der Waals surface area contributed by atoms with Crippen molar-refractivity contribution in [1.29, 1.82) is 0 Å². The van der Waals surface area contributed by atoms with Gasteiger partial charge in [-0.1, -0.05) is 49.6 Å². The molecular formula is C21H34N4O. The van der Waals surface area contributed by atoms with E-state index in [0.29, 0.717) is 12.5 Å². The summed E-state index contributed by atoms with van der Waals surface area (Å²) in [6.07, 6.45) is 4.15. The Morgan fingerprint density at radius 3 is 2.54 bits per heavy atom. The largest absolute Gasteiger partial charge is 0.356 e. The highest BCUT2D eigenvalue weighted by atomic mass is 16.2. The van der Waals surface area contributed by atoms with Crippen LogP contribution in [0.15, 0.2) is 29.3 Å². The summed E-state index contributed by atoms with van der Waals surface area (Å²) in [4.78, 5) is 18.7. The van der Waals surface area contributed by atoms with E-state index in [-0.39, 0.29) is 11.3 Å². The molecule has 0 radical (unpaired) electrons. The van der Waals surface area contributed by atoms with Crippen molar-refractivity contribution in [2.75, 3.05) is 34.2 Å². The lowest BCUT2D eigenvalue weighted by atomic mass is 9.84. The molecule has 1 amide bonds. The summed E-state index contributed by atoms with van der Waals surface area (Å²) < 4.78 is 0. The number of nitrogens with zero attached hydrogens (tertiary/aromatic N) is 2. The molecule has 26 heavy (non-hydrogen) atoms. The van der Waals surface area contributed by atoms with Crippen LogP contribution in [0.4, 0.5) is 0 Å². The number of amides is 1. The normalized spacial score (nSPS) is 17.7. The lowest BCUT2D eigenvalue weighted by Crippen LogP contribution is -2.49. The van der Waals surface area contributed by atoms with Gasteiger partial charge in [-0.3, -0.25) is 9.79 Å². The van der Waals surface area contributed by atoms with E-state index in [0.717, 1.165) is 38.2 Å². The van der Waals surface area contributed by atoms with Crippen LogP contribution in [0.1, 0.15) is 49.7 Å². The summed E-state index contributed by atoms with van der Waals surface area (Å²) in [6, 6.07) is 8.61. The van der Waals surface area contributed by atoms with Crippen LogP contribution >= 0.6 is 0 Å². The maximum Gasteiger partial charge on any atom is 0.230 e. The van der Waals surface area contributed by atoms with Crippen molar-refractivity contribution in [2.45, 2.75) is 45.4 Å². The van der Waals surface area contributed by atoms with Crippen LogP contribution in [0.3, 0.4) is 0 Å². The summed E-state index contributed by atoms with van der Waals surface area (Å²) in [6.45, 7) is 5.77. The van der Waals surface area contributed by atoms with Crippen LogP contribution in [0.5, 0.6) is 0 Å². The van der Waals surface area contributed by atoms with E-state index in [4.69, 9.17) is 0 Å². The second kappa shape index (κ2) is 9.06. The molecule has 1 aromatic rings. The van der Waals surface area contributed by atoms with Gasteiger partial charge in [0.15, 0.2) is 5.96 Å². The molecule has 1 aliphatic rings. The monoisotopic (exact) mass is 358 g/mol. The fourth-order valence-corrected chi connectivity index (χ4v) is 3.81. The minimum Gasteiger partial charge on any atom is -0.356 e. The van der Waals surface area contributed by atoms with E-state index in [1.165, 1.54) is 11.1 Å². The lowest BCUT2D eigenvalue weighted by molar-refractivity contribution is -0.138. The van der Waals surface area contributed by atoms with E-state index in [2.05, 4.69) is 53.7 Å². The molecule has 0 bridgehead atoms. The molecule has 0 saturated heterocycles. The Kier molecular flexibility index (Phi) is 7.06. The SMILES string of the molecule is CN=C(NCC(C)c1cccc(C)c1)NCC1(C(=O)N(C)C)CCCC1. The minimum absolute atomic E-state index is 0.228. The number of nitrogens with one attached hydrogen (secondary N) is 2. The van der Waals surface area contributed by atoms with Gasteiger partial charge in [-0.25, -0.2) is 0 Å². The number of guanidine groups is 1. The Morgan fingerprint density at radius 1 is 1.27 bits per heavy atom. The quantitative estimate of drug-likeness (QED) is 0.607. The Hall–Kier alpha value is -2.04. The summed E-state index contributed by atoms with van der Waals surface area (Å²) >= 11 is 0. The molecule has 1 saturated carbocycles. The van der Waals surface area contributed by atoms with Crippen molar-refractivity contribution < 1.29 is 4.79 Å². The highest BCUT2D eigenvalue weighted by Gasteiger charge is 2.42. The molecule has 1 aliphatic carbocycles. The van der Waals surface area contributed by atoms with E-state index in [1.807, 2.05) is 14.1 Å². The number of benzene rings is 1. The molecule has 0 heterocycles. The zero-order chi connectivity index (χ0) is 19.2. The lowest BCUT2D eigenvalue weighted by Gasteiger charge is -2.31. The first-order chi connectivity index (χ1) is 12.4. The fourth-order valence-electron chi connectivity index (χ4n) is 3.81. The van der Waals surface area contributed by atoms with E-state index < -0.39 is 0 Å². The fraction of sp³-hybridized carbons (Fsp3) is 0.619. The predicted octanol–water partition coefficient (Wildman–Crippen LogP) is 2.91. The van der Waals surface area contributed by atoms with Crippen LogP contribution in [-0.2, 0) is 4.79 Å². The number of hydrogen-bond acceptors (Lipinski definition) is 2. The first-order valence-corrected chi connectivity index (χ1v) is 9.61. The molecule has 2 rings (SSSR count). The summed E-state index contributed by atoms with van der Waals surface area (Å²) in [5.74, 6) is 1.38. The van der Waals surface area contributed by atoms with Gasteiger partial charge in [0.05, 0.1) is 5.41 Å². The van der Waals surface area contributed by atoms with Gasteiger partial charge in [-0.05, 0) is 31.2 Å². The van der Waals surface area contributed by atoms with Gasteiger partial charge < -0.3 is 15.5 Å². The van der Waals surface area contributed by atoms with Crippen LogP contribution in [0, 0.1) is 12.3 Å². The third-order valence-corrected chi connectivity index (χ3v) is 5.43. The number of carbonyl (C=O) groups excluding carboxylic acids is 1. The molecule has 2 N–H and O–H groups in total. The molecule has 1 unspecified atom stereocenters. The standard InChI is InChI=1S/C21H34N4O/c1-16-9-8-10-18(13-16)17(2)14-23-20(22-3)24-15-21(11-6-7-12-21)19(26)25(4)5/h8-10,13,17H,6-7,11-12,14-15H2,1-5H3,(H2,22,23,24). The van der Waals surface area contributed by atoms with Gasteiger partial charge >= 0.3 is 0 Å². The third-order valence-electron chi connectivity index (χ3n) is 5.43. The maximum atomic E-state index is 12.7. The van der Waals surface area contributed by atoms with E-state index in [9.17, 15) is 4.79 Å². The van der Waals surface area contributed by atoms with Gasteiger partial charge in [0, 0.05) is 34.2 Å². The molecule has 0 aromatic heterocycles. The topological polar surface area (TPSA) is 56.7 Å². The second-order valence-corrected chi connectivity index (χ2v) is 7.81. The molecule has 0 spiro atoms. The Bertz CT molecular complexity index is 633. The number of rotatable bonds is 6. The van der Waals surface area contributed by atoms with Gasteiger partial charge in [0.2, 0.25) is 5.91 Å².